The quantitative estimate of drug-likeness (QED) is 0.394. The molecule has 0 saturated heterocycles. The summed E-state index contributed by atoms with van der Waals surface area (Å²) in [5, 5.41) is 26.5. The molecule has 0 aliphatic heterocycles. The third kappa shape index (κ3) is 3.17. The average Bonchev–Trinajstić information content (AvgIpc) is 3.18. The fourth-order valence-electron chi connectivity index (χ4n) is 2.75. The van der Waals surface area contributed by atoms with E-state index in [9.17, 15) is 10.4 Å². The first-order valence-electron chi connectivity index (χ1n) is 8.30. The van der Waals surface area contributed by atoms with Crippen LogP contribution < -0.4 is 21.3 Å². The number of aliphatic imine (C=N–C) groups is 1. The maximum Gasteiger partial charge on any atom is 0.320 e. The van der Waals surface area contributed by atoms with Crippen molar-refractivity contribution in [2.24, 2.45) is 4.99 Å². The van der Waals surface area contributed by atoms with Crippen molar-refractivity contribution in [1.29, 1.82) is 5.26 Å². The first kappa shape index (κ1) is 18.6. The maximum absolute atomic E-state index is 12.6. The summed E-state index contributed by atoms with van der Waals surface area (Å²) in [5.41, 5.74) is 13.4. The van der Waals surface area contributed by atoms with Crippen LogP contribution in [0.1, 0.15) is 55.7 Å². The van der Waals surface area contributed by atoms with Gasteiger partial charge in [-0.1, -0.05) is 13.8 Å². The van der Waals surface area contributed by atoms with Gasteiger partial charge in [0.05, 0.1) is 16.1 Å². The van der Waals surface area contributed by atoms with Crippen molar-refractivity contribution in [3.05, 3.63) is 22.2 Å². The highest BCUT2D eigenvalue weighted by Gasteiger charge is 2.22. The fourth-order valence-corrected chi connectivity index (χ4v) is 3.75. The first-order chi connectivity index (χ1) is 12.7. The van der Waals surface area contributed by atoms with Crippen LogP contribution in [0.4, 0.5) is 17.4 Å². The van der Waals surface area contributed by atoms with Crippen molar-refractivity contribution < 1.29 is 14.3 Å². The van der Waals surface area contributed by atoms with Crippen LogP contribution in [0.15, 0.2) is 15.7 Å². The van der Waals surface area contributed by atoms with Gasteiger partial charge in [0.15, 0.2) is 6.04 Å². The molecular weight excluding hydrogens is 366 g/mol. The van der Waals surface area contributed by atoms with E-state index in [1.165, 1.54) is 6.20 Å². The molecule has 0 bridgehead atoms. The third-order valence-corrected chi connectivity index (χ3v) is 5.13. The second-order valence-electron chi connectivity index (χ2n) is 6.61. The Morgan fingerprint density at radius 1 is 1.37 bits per heavy atom. The molecule has 0 atom stereocenters. The number of nitrogen functional groups attached to an aromatic ring is 2. The molecular formula is C17H19N7O2S. The molecule has 0 radical (unpaired) electrons. The minimum Gasteiger partial charge on any atom is -0.857 e. The predicted molar refractivity (Wildman–Crippen MR) is 101 cm³/mol. The highest BCUT2D eigenvalue weighted by Crippen LogP contribution is 2.40. The Balaban J connectivity index is 2.18. The van der Waals surface area contributed by atoms with E-state index in [4.69, 9.17) is 16.0 Å². The Labute approximate surface area is 159 Å². The highest BCUT2D eigenvalue weighted by atomic mass is 32.1. The molecule has 0 fully saturated rings. The lowest BCUT2D eigenvalue weighted by molar-refractivity contribution is -0.779. The van der Waals surface area contributed by atoms with Crippen LogP contribution >= 0.6 is 11.3 Å². The van der Waals surface area contributed by atoms with Gasteiger partial charge in [-0.15, -0.1) is 11.3 Å². The van der Waals surface area contributed by atoms with Gasteiger partial charge in [-0.05, 0) is 30.0 Å². The monoisotopic (exact) mass is 385 g/mol. The number of fused-ring (bicyclic) bond motifs is 1. The Morgan fingerprint density at radius 3 is 2.63 bits per heavy atom. The molecule has 4 N–H and O–H groups in total. The zero-order valence-electron chi connectivity index (χ0n) is 15.3. The Kier molecular flexibility index (Phi) is 4.72. The number of nitrogens with zero attached hydrogens (tertiary/aromatic N) is 5. The first-order valence-corrected chi connectivity index (χ1v) is 9.11. The smallest absolute Gasteiger partial charge is 0.320 e. The minimum atomic E-state index is -0.561. The van der Waals surface area contributed by atoms with Crippen LogP contribution in [0, 0.1) is 11.3 Å². The summed E-state index contributed by atoms with van der Waals surface area (Å²) in [6.45, 7) is 7.71. The number of pyridine rings is 1. The molecule has 3 rings (SSSR count). The largest absolute Gasteiger partial charge is 0.857 e. The zero-order chi connectivity index (χ0) is 19.9. The van der Waals surface area contributed by atoms with E-state index in [-0.39, 0.29) is 39.8 Å². The summed E-state index contributed by atoms with van der Waals surface area (Å²) in [4.78, 5) is 8.92. The molecule has 0 aromatic carbocycles. The van der Waals surface area contributed by atoms with Gasteiger partial charge in [-0.3, -0.25) is 4.52 Å². The molecule has 3 aromatic rings. The Hall–Kier alpha value is -3.19. The van der Waals surface area contributed by atoms with Gasteiger partial charge in [0.2, 0.25) is 5.27 Å². The highest BCUT2D eigenvalue weighted by molar-refractivity contribution is 7.21. The molecule has 0 spiro atoms. The minimum absolute atomic E-state index is 0.0245. The van der Waals surface area contributed by atoms with Crippen LogP contribution in [0.5, 0.6) is 0 Å². The van der Waals surface area contributed by atoms with E-state index in [1.54, 1.807) is 4.68 Å². The average molecular weight is 385 g/mol. The summed E-state index contributed by atoms with van der Waals surface area (Å²) in [6.07, 6.45) is 1.54. The van der Waals surface area contributed by atoms with Gasteiger partial charge in [-0.2, -0.15) is 5.26 Å². The van der Waals surface area contributed by atoms with E-state index in [0.29, 0.717) is 15.8 Å². The zero-order valence-corrected chi connectivity index (χ0v) is 16.2. The molecule has 0 aliphatic carbocycles. The Bertz CT molecular complexity index is 1090. The third-order valence-electron chi connectivity index (χ3n) is 4.04. The topological polar surface area (TPSA) is 154 Å². The number of nitrogens with two attached hydrogens (primary N) is 2. The van der Waals surface area contributed by atoms with Crippen molar-refractivity contribution in [2.75, 3.05) is 11.5 Å². The SMILES string of the molecule is CC(C)c1c(C#N)c(N)nc2sc(/C([O-])=N/c3c[n+](C(C)C)no3)c(N)c12. The van der Waals surface area contributed by atoms with Crippen molar-refractivity contribution >= 4 is 44.8 Å². The molecule has 27 heavy (non-hydrogen) atoms. The van der Waals surface area contributed by atoms with Crippen LogP contribution in [-0.2, 0) is 0 Å². The number of nitriles is 1. The van der Waals surface area contributed by atoms with Gasteiger partial charge in [0.1, 0.15) is 16.7 Å². The van der Waals surface area contributed by atoms with Crippen molar-refractivity contribution in [1.82, 2.24) is 10.3 Å². The molecule has 0 amide bonds. The van der Waals surface area contributed by atoms with Gasteiger partial charge in [0, 0.05) is 11.3 Å². The van der Waals surface area contributed by atoms with E-state index < -0.39 is 5.90 Å². The number of aromatic nitrogens is 3. The summed E-state index contributed by atoms with van der Waals surface area (Å²) >= 11 is 1.09. The lowest BCUT2D eigenvalue weighted by Gasteiger charge is -2.12. The molecule has 10 heteroatoms. The predicted octanol–water partition coefficient (Wildman–Crippen LogP) is 1.75. The summed E-state index contributed by atoms with van der Waals surface area (Å²) in [5.74, 6) is -0.378. The molecule has 140 valence electrons. The maximum atomic E-state index is 12.6. The fraction of sp³-hybridized carbons (Fsp3) is 0.353. The van der Waals surface area contributed by atoms with Crippen molar-refractivity contribution in [3.63, 3.8) is 0 Å². The van der Waals surface area contributed by atoms with Gasteiger partial charge < -0.3 is 16.6 Å². The van der Waals surface area contributed by atoms with Crippen LogP contribution in [0.2, 0.25) is 0 Å². The van der Waals surface area contributed by atoms with E-state index >= 15 is 0 Å². The standard InChI is InChI=1S/C17H19N7O2S/c1-7(2)11-9(5-18)15(20)22-17-12(11)13(19)14(27-17)16(25)21-10-6-24(8(3)4)23-26-10/h6-8H,1-4H3,(H4-,19,20,21,22,23,25). The van der Waals surface area contributed by atoms with E-state index in [1.807, 2.05) is 27.7 Å². The van der Waals surface area contributed by atoms with Gasteiger partial charge in [-0.25, -0.2) is 9.98 Å². The Morgan fingerprint density at radius 2 is 2.07 bits per heavy atom. The number of hydrogen-bond donors (Lipinski definition) is 2. The number of anilines is 2. The molecule has 3 heterocycles. The molecule has 0 saturated carbocycles. The summed E-state index contributed by atoms with van der Waals surface area (Å²) < 4.78 is 6.61. The van der Waals surface area contributed by atoms with Gasteiger partial charge >= 0.3 is 5.88 Å². The van der Waals surface area contributed by atoms with Crippen LogP contribution in [0.3, 0.4) is 0 Å². The van der Waals surface area contributed by atoms with E-state index in [0.717, 1.165) is 11.3 Å². The van der Waals surface area contributed by atoms with Crippen LogP contribution in [-0.4, -0.2) is 16.2 Å². The normalized spacial score (nSPS) is 12.3. The summed E-state index contributed by atoms with van der Waals surface area (Å²) in [6, 6.07) is 2.16. The lowest BCUT2D eigenvalue weighted by Crippen LogP contribution is -2.36. The second-order valence-corrected chi connectivity index (χ2v) is 7.61. The van der Waals surface area contributed by atoms with Crippen LogP contribution in [0.25, 0.3) is 10.2 Å². The molecule has 0 aliphatic rings. The number of hydrogen-bond acceptors (Lipinski definition) is 9. The number of thiophene rings is 1. The lowest BCUT2D eigenvalue weighted by atomic mass is 9.95. The van der Waals surface area contributed by atoms with E-state index in [2.05, 4.69) is 21.3 Å². The van der Waals surface area contributed by atoms with Gasteiger partial charge in [0.25, 0.3) is 6.20 Å². The molecule has 3 aromatic heterocycles. The molecule has 9 nitrogen and oxygen atoms in total. The number of rotatable bonds is 4. The molecule has 0 unspecified atom stereocenters. The summed E-state index contributed by atoms with van der Waals surface area (Å²) in [7, 11) is 0. The second kappa shape index (κ2) is 6.85. The van der Waals surface area contributed by atoms with Crippen molar-refractivity contribution in [2.45, 2.75) is 39.7 Å². The van der Waals surface area contributed by atoms with Crippen molar-refractivity contribution in [3.8, 4) is 6.07 Å².